The Bertz CT molecular complexity index is 757. The molecular weight excluding hydrogens is 278 g/mol. The van der Waals surface area contributed by atoms with Crippen molar-refractivity contribution in [1.29, 1.82) is 0 Å². The lowest BCUT2D eigenvalue weighted by atomic mass is 10.0. The Morgan fingerprint density at radius 1 is 1.33 bits per heavy atom. The van der Waals surface area contributed by atoms with Crippen LogP contribution in [-0.2, 0) is 4.79 Å². The van der Waals surface area contributed by atoms with Crippen LogP contribution in [0.1, 0.15) is 16.1 Å². The number of nitrogens with one attached hydrogen (secondary N) is 1. The molecule has 0 fully saturated rings. The minimum absolute atomic E-state index is 0.0446. The van der Waals surface area contributed by atoms with E-state index in [4.69, 9.17) is 5.11 Å². The van der Waals surface area contributed by atoms with Crippen molar-refractivity contribution >= 4 is 28.3 Å². The molecule has 21 heavy (non-hydrogen) atoms. The first kappa shape index (κ1) is 14.4. The first-order valence-corrected chi connectivity index (χ1v) is 5.94. The number of fused-ring (bicyclic) bond motifs is 1. The van der Waals surface area contributed by atoms with Crippen molar-refractivity contribution in [3.05, 3.63) is 45.8 Å². The molecule has 1 aromatic heterocycles. The lowest BCUT2D eigenvalue weighted by molar-refractivity contribution is -0.383. The highest BCUT2D eigenvalue weighted by molar-refractivity contribution is 6.08. The second-order valence-corrected chi connectivity index (χ2v) is 4.32. The van der Waals surface area contributed by atoms with Crippen LogP contribution in [0.5, 0.6) is 0 Å². The molecule has 2 rings (SSSR count). The van der Waals surface area contributed by atoms with Gasteiger partial charge in [-0.2, -0.15) is 0 Å². The number of rotatable bonds is 4. The fourth-order valence-corrected chi connectivity index (χ4v) is 2.01. The van der Waals surface area contributed by atoms with Crippen molar-refractivity contribution in [2.24, 2.45) is 0 Å². The Kier molecular flexibility index (Phi) is 3.79. The molecule has 1 heterocycles. The monoisotopic (exact) mass is 289 g/mol. The average molecular weight is 289 g/mol. The normalized spacial score (nSPS) is 10.3. The maximum Gasteiger partial charge on any atom is 0.322 e. The molecule has 8 nitrogen and oxygen atoms in total. The number of carbonyl (C=O) groups excluding carboxylic acids is 1. The van der Waals surface area contributed by atoms with E-state index in [0.29, 0.717) is 10.9 Å². The summed E-state index contributed by atoms with van der Waals surface area (Å²) in [6.07, 6.45) is 1.28. The Balaban J connectivity index is 2.57. The van der Waals surface area contributed by atoms with Gasteiger partial charge in [0.25, 0.3) is 11.6 Å². The maximum absolute atomic E-state index is 11.9. The number of nitro groups is 1. The summed E-state index contributed by atoms with van der Waals surface area (Å²) in [4.78, 5) is 36.9. The number of pyridine rings is 1. The summed E-state index contributed by atoms with van der Waals surface area (Å²) in [5.74, 6) is -1.88. The Morgan fingerprint density at radius 3 is 2.67 bits per heavy atom. The van der Waals surface area contributed by atoms with Crippen molar-refractivity contribution in [3.63, 3.8) is 0 Å². The molecule has 2 N–H and O–H groups in total. The average Bonchev–Trinajstić information content (AvgIpc) is 2.43. The number of aryl methyl sites for hydroxylation is 1. The summed E-state index contributed by atoms with van der Waals surface area (Å²) in [6.45, 7) is 1.05. The number of carboxylic acid groups (broad SMARTS) is 1. The highest BCUT2D eigenvalue weighted by Crippen LogP contribution is 2.30. The van der Waals surface area contributed by atoms with Gasteiger partial charge in [0.2, 0.25) is 0 Å². The van der Waals surface area contributed by atoms with Crippen molar-refractivity contribution in [2.75, 3.05) is 6.54 Å². The number of nitrogens with zero attached hydrogens (tertiary/aromatic N) is 2. The molecule has 0 spiro atoms. The van der Waals surface area contributed by atoms with Gasteiger partial charge in [-0.3, -0.25) is 24.7 Å². The van der Waals surface area contributed by atoms with Crippen LogP contribution in [0.2, 0.25) is 0 Å². The molecule has 1 aromatic carbocycles. The number of nitro benzene ring substituents is 1. The second kappa shape index (κ2) is 5.53. The minimum atomic E-state index is -1.19. The smallest absolute Gasteiger partial charge is 0.322 e. The second-order valence-electron chi connectivity index (χ2n) is 4.32. The third-order valence-corrected chi connectivity index (χ3v) is 2.92. The third kappa shape index (κ3) is 2.78. The summed E-state index contributed by atoms with van der Waals surface area (Å²) < 4.78 is 0. The Hall–Kier alpha value is -3.03. The van der Waals surface area contributed by atoms with Crippen LogP contribution in [-0.4, -0.2) is 33.4 Å². The van der Waals surface area contributed by atoms with Gasteiger partial charge < -0.3 is 10.4 Å². The fraction of sp³-hybridized carbons (Fsp3) is 0.154. The van der Waals surface area contributed by atoms with Crippen LogP contribution in [0.4, 0.5) is 5.69 Å². The van der Waals surface area contributed by atoms with Gasteiger partial charge in [0.05, 0.1) is 10.3 Å². The van der Waals surface area contributed by atoms with E-state index in [-0.39, 0.29) is 16.8 Å². The van der Waals surface area contributed by atoms with Gasteiger partial charge in [-0.15, -0.1) is 0 Å². The van der Waals surface area contributed by atoms with E-state index in [0.717, 1.165) is 0 Å². The first-order valence-electron chi connectivity index (χ1n) is 5.94. The molecule has 0 radical (unpaired) electrons. The quantitative estimate of drug-likeness (QED) is 0.645. The number of amides is 1. The molecule has 0 atom stereocenters. The van der Waals surface area contributed by atoms with Gasteiger partial charge in [0, 0.05) is 17.1 Å². The molecule has 8 heteroatoms. The van der Waals surface area contributed by atoms with Gasteiger partial charge in [0.15, 0.2) is 0 Å². The van der Waals surface area contributed by atoms with Crippen LogP contribution >= 0.6 is 0 Å². The highest BCUT2D eigenvalue weighted by atomic mass is 16.6. The first-order chi connectivity index (χ1) is 9.91. The van der Waals surface area contributed by atoms with Gasteiger partial charge >= 0.3 is 5.97 Å². The number of hydrogen-bond donors (Lipinski definition) is 2. The third-order valence-electron chi connectivity index (χ3n) is 2.92. The van der Waals surface area contributed by atoms with Crippen molar-refractivity contribution < 1.29 is 19.6 Å². The highest BCUT2D eigenvalue weighted by Gasteiger charge is 2.20. The van der Waals surface area contributed by atoms with Crippen LogP contribution in [0.25, 0.3) is 10.8 Å². The lowest BCUT2D eigenvalue weighted by Gasteiger charge is -2.07. The predicted molar refractivity (Wildman–Crippen MR) is 73.1 cm³/mol. The number of benzene rings is 1. The van der Waals surface area contributed by atoms with Gasteiger partial charge in [-0.1, -0.05) is 12.1 Å². The Morgan fingerprint density at radius 2 is 2.05 bits per heavy atom. The van der Waals surface area contributed by atoms with E-state index in [9.17, 15) is 19.7 Å². The van der Waals surface area contributed by atoms with Gasteiger partial charge in [-0.05, 0) is 13.0 Å². The van der Waals surface area contributed by atoms with E-state index in [1.165, 1.54) is 18.3 Å². The maximum atomic E-state index is 11.9. The molecule has 0 saturated carbocycles. The number of carboxylic acids is 1. The van der Waals surface area contributed by atoms with Gasteiger partial charge in [-0.25, -0.2) is 0 Å². The summed E-state index contributed by atoms with van der Waals surface area (Å²) >= 11 is 0. The number of hydrogen-bond acceptors (Lipinski definition) is 5. The zero-order valence-electron chi connectivity index (χ0n) is 11.0. The topological polar surface area (TPSA) is 122 Å². The summed E-state index contributed by atoms with van der Waals surface area (Å²) in [6, 6.07) is 4.53. The van der Waals surface area contributed by atoms with Gasteiger partial charge in [0.1, 0.15) is 12.2 Å². The van der Waals surface area contributed by atoms with Crippen molar-refractivity contribution in [1.82, 2.24) is 10.3 Å². The SMILES string of the molecule is Cc1ccc2c(C(=O)NCC(=O)O)nccc2c1[N+](=O)[O-]. The molecule has 0 aliphatic heterocycles. The summed E-state index contributed by atoms with van der Waals surface area (Å²) in [7, 11) is 0. The molecule has 0 aliphatic rings. The standard InChI is InChI=1S/C13H11N3O5/c1-7-2-3-8-9(12(7)16(20)21)4-5-14-11(8)13(19)15-6-10(17)18/h2-5H,6H2,1H3,(H,15,19)(H,17,18). The van der Waals surface area contributed by atoms with E-state index in [1.54, 1.807) is 13.0 Å². The molecule has 0 bridgehead atoms. The van der Waals surface area contributed by atoms with E-state index < -0.39 is 23.3 Å². The van der Waals surface area contributed by atoms with E-state index >= 15 is 0 Å². The van der Waals surface area contributed by atoms with Crippen LogP contribution in [0, 0.1) is 17.0 Å². The van der Waals surface area contributed by atoms with Crippen molar-refractivity contribution in [3.8, 4) is 0 Å². The summed E-state index contributed by atoms with van der Waals surface area (Å²) in [5, 5.41) is 22.5. The molecule has 2 aromatic rings. The van der Waals surface area contributed by atoms with E-state index in [2.05, 4.69) is 10.3 Å². The zero-order chi connectivity index (χ0) is 15.6. The van der Waals surface area contributed by atoms with Crippen LogP contribution in [0.15, 0.2) is 24.4 Å². The van der Waals surface area contributed by atoms with E-state index in [1.807, 2.05) is 0 Å². The van der Waals surface area contributed by atoms with Crippen molar-refractivity contribution in [2.45, 2.75) is 6.92 Å². The molecular formula is C13H11N3O5. The largest absolute Gasteiger partial charge is 0.480 e. The molecule has 0 unspecified atom stereocenters. The summed E-state index contributed by atoms with van der Waals surface area (Å²) in [5.41, 5.74) is 0.328. The number of carbonyl (C=O) groups is 2. The molecule has 1 amide bonds. The fourth-order valence-electron chi connectivity index (χ4n) is 2.01. The molecule has 0 saturated heterocycles. The minimum Gasteiger partial charge on any atom is -0.480 e. The van der Waals surface area contributed by atoms with Crippen LogP contribution in [0.3, 0.4) is 0 Å². The lowest BCUT2D eigenvalue weighted by Crippen LogP contribution is -2.30. The number of aromatic nitrogens is 1. The predicted octanol–water partition coefficient (Wildman–Crippen LogP) is 1.27. The Labute approximate surface area is 118 Å². The van der Waals surface area contributed by atoms with Crippen LogP contribution < -0.4 is 5.32 Å². The molecule has 0 aliphatic carbocycles. The molecule has 108 valence electrons. The number of aliphatic carboxylic acids is 1. The zero-order valence-corrected chi connectivity index (χ0v) is 11.0.